The Morgan fingerprint density at radius 3 is 2.30 bits per heavy atom. The zero-order valence-electron chi connectivity index (χ0n) is 15.4. The van der Waals surface area contributed by atoms with Crippen molar-refractivity contribution in [2.75, 3.05) is 13.7 Å². The average Bonchev–Trinajstić information content (AvgIpc) is 3.13. The van der Waals surface area contributed by atoms with Crippen LogP contribution in [0.3, 0.4) is 0 Å². The van der Waals surface area contributed by atoms with Gasteiger partial charge in [-0.25, -0.2) is 9.59 Å². The van der Waals surface area contributed by atoms with Crippen molar-refractivity contribution in [1.29, 1.82) is 0 Å². The Bertz CT molecular complexity index is 714. The molecule has 146 valence electrons. The van der Waals surface area contributed by atoms with Gasteiger partial charge in [-0.05, 0) is 26.0 Å². The van der Waals surface area contributed by atoms with Crippen molar-refractivity contribution in [3.8, 4) is 0 Å². The van der Waals surface area contributed by atoms with Gasteiger partial charge in [0.15, 0.2) is 5.79 Å². The number of Topliss-reactive ketones (excluding diaryl/α,β-unsaturated/α-hetero) is 1. The summed E-state index contributed by atoms with van der Waals surface area (Å²) in [6.45, 7) is 3.44. The largest absolute Gasteiger partial charge is 0.463 e. The van der Waals surface area contributed by atoms with Crippen LogP contribution in [0.2, 0.25) is 0 Å². The van der Waals surface area contributed by atoms with Crippen molar-refractivity contribution >= 4 is 17.7 Å². The number of carbonyl (C=O) groups excluding carboxylic acids is 3. The molecule has 4 atom stereocenters. The van der Waals surface area contributed by atoms with Crippen molar-refractivity contribution in [3.05, 3.63) is 35.9 Å². The second-order valence-electron chi connectivity index (χ2n) is 6.86. The molecular formula is C19H22O8. The monoisotopic (exact) mass is 378 g/mol. The van der Waals surface area contributed by atoms with Crippen LogP contribution in [0.1, 0.15) is 30.6 Å². The molecule has 0 amide bonds. The summed E-state index contributed by atoms with van der Waals surface area (Å²) in [6.07, 6.45) is -2.56. The van der Waals surface area contributed by atoms with Crippen molar-refractivity contribution < 1.29 is 38.1 Å². The number of carbonyl (C=O) groups is 3. The van der Waals surface area contributed by atoms with Gasteiger partial charge in [-0.15, -0.1) is 0 Å². The minimum atomic E-state index is -0.938. The van der Waals surface area contributed by atoms with Crippen molar-refractivity contribution in [1.82, 2.24) is 0 Å². The topological polar surface area (TPSA) is 97.4 Å². The maximum atomic E-state index is 12.1. The lowest BCUT2D eigenvalue weighted by molar-refractivity contribution is -0.191. The first kappa shape index (κ1) is 19.5. The van der Waals surface area contributed by atoms with Gasteiger partial charge < -0.3 is 23.7 Å². The Morgan fingerprint density at radius 2 is 1.67 bits per heavy atom. The molecule has 27 heavy (non-hydrogen) atoms. The highest BCUT2D eigenvalue weighted by molar-refractivity contribution is 6.33. The molecule has 2 heterocycles. The van der Waals surface area contributed by atoms with Crippen molar-refractivity contribution in [2.45, 2.75) is 50.5 Å². The minimum absolute atomic E-state index is 0.0583. The van der Waals surface area contributed by atoms with Gasteiger partial charge in [-0.1, -0.05) is 18.2 Å². The van der Waals surface area contributed by atoms with Crippen LogP contribution in [-0.2, 0) is 33.3 Å². The minimum Gasteiger partial charge on any atom is -0.463 e. The van der Waals surface area contributed by atoms with E-state index in [0.717, 1.165) is 7.11 Å². The first-order valence-corrected chi connectivity index (χ1v) is 8.65. The summed E-state index contributed by atoms with van der Waals surface area (Å²) in [5, 5.41) is 0. The maximum absolute atomic E-state index is 12.1. The molecule has 0 spiro atoms. The van der Waals surface area contributed by atoms with Crippen LogP contribution in [0.5, 0.6) is 0 Å². The van der Waals surface area contributed by atoms with E-state index in [1.165, 1.54) is 0 Å². The summed E-state index contributed by atoms with van der Waals surface area (Å²) in [5.41, 5.74) is 0.424. The lowest BCUT2D eigenvalue weighted by Crippen LogP contribution is -2.33. The smallest absolute Gasteiger partial charge is 0.374 e. The van der Waals surface area contributed by atoms with Gasteiger partial charge in [0.05, 0.1) is 18.8 Å². The van der Waals surface area contributed by atoms with Crippen LogP contribution < -0.4 is 0 Å². The summed E-state index contributed by atoms with van der Waals surface area (Å²) >= 11 is 0. The van der Waals surface area contributed by atoms with Crippen LogP contribution >= 0.6 is 0 Å². The molecule has 0 N–H and O–H groups in total. The van der Waals surface area contributed by atoms with Gasteiger partial charge in [0.2, 0.25) is 5.78 Å². The summed E-state index contributed by atoms with van der Waals surface area (Å²) < 4.78 is 27.3. The zero-order chi connectivity index (χ0) is 19.6. The molecule has 2 saturated heterocycles. The van der Waals surface area contributed by atoms with E-state index in [9.17, 15) is 14.4 Å². The molecule has 2 aliphatic rings. The Labute approximate surface area is 156 Å². The third kappa shape index (κ3) is 4.35. The molecule has 0 aliphatic carbocycles. The Hall–Kier alpha value is -2.29. The quantitative estimate of drug-likeness (QED) is 0.539. The van der Waals surface area contributed by atoms with Crippen LogP contribution in [0.4, 0.5) is 0 Å². The number of esters is 2. The van der Waals surface area contributed by atoms with E-state index in [1.54, 1.807) is 44.2 Å². The van der Waals surface area contributed by atoms with Gasteiger partial charge in [-0.3, -0.25) is 4.79 Å². The molecular weight excluding hydrogens is 356 g/mol. The predicted octanol–water partition coefficient (Wildman–Crippen LogP) is 1.26. The fraction of sp³-hybridized carbons (Fsp3) is 0.526. The number of ether oxygens (including phenoxy) is 5. The third-order valence-electron chi connectivity index (χ3n) is 4.43. The van der Waals surface area contributed by atoms with E-state index in [2.05, 4.69) is 4.74 Å². The van der Waals surface area contributed by atoms with Gasteiger partial charge in [0.1, 0.15) is 24.9 Å². The van der Waals surface area contributed by atoms with E-state index in [1.807, 2.05) is 0 Å². The highest BCUT2D eigenvalue weighted by Gasteiger charge is 2.55. The van der Waals surface area contributed by atoms with E-state index in [0.29, 0.717) is 5.56 Å². The highest BCUT2D eigenvalue weighted by Crippen LogP contribution is 2.40. The standard InChI is InChI=1S/C19H22O8/c1-19(2)26-15-13(9-12(20)18(22)23-3)25-14(16(15)27-19)10-24-17(21)11-7-5-4-6-8-11/h4-8,13-16H,9-10H2,1-3H3/t13-,14-,15+,16-/m1/s1. The molecule has 0 bridgehead atoms. The predicted molar refractivity (Wildman–Crippen MR) is 90.9 cm³/mol. The van der Waals surface area contributed by atoms with Gasteiger partial charge in [0, 0.05) is 6.42 Å². The van der Waals surface area contributed by atoms with Crippen LogP contribution in [0.15, 0.2) is 30.3 Å². The van der Waals surface area contributed by atoms with Crippen molar-refractivity contribution in [2.24, 2.45) is 0 Å². The van der Waals surface area contributed by atoms with Crippen LogP contribution in [0.25, 0.3) is 0 Å². The molecule has 2 fully saturated rings. The van der Waals surface area contributed by atoms with Gasteiger partial charge in [0.25, 0.3) is 0 Å². The molecule has 0 aromatic heterocycles. The molecule has 0 radical (unpaired) electrons. The first-order valence-electron chi connectivity index (χ1n) is 8.65. The molecule has 8 heteroatoms. The Kier molecular flexibility index (Phi) is 5.59. The summed E-state index contributed by atoms with van der Waals surface area (Å²) in [5.74, 6) is -3.00. The van der Waals surface area contributed by atoms with Gasteiger partial charge in [-0.2, -0.15) is 0 Å². The summed E-state index contributed by atoms with van der Waals surface area (Å²) in [4.78, 5) is 35.4. The SMILES string of the molecule is COC(=O)C(=O)C[C@H]1O[C@H](COC(=O)c2ccccc2)[C@H]2OC(C)(C)O[C@H]21. The molecule has 0 saturated carbocycles. The third-order valence-corrected chi connectivity index (χ3v) is 4.43. The summed E-state index contributed by atoms with van der Waals surface area (Å²) in [7, 11) is 1.14. The van der Waals surface area contributed by atoms with Crippen LogP contribution in [0, 0.1) is 0 Å². The van der Waals surface area contributed by atoms with E-state index < -0.39 is 47.9 Å². The first-order chi connectivity index (χ1) is 12.8. The highest BCUT2D eigenvalue weighted by atomic mass is 16.8. The Balaban J connectivity index is 1.65. The second-order valence-corrected chi connectivity index (χ2v) is 6.86. The fourth-order valence-electron chi connectivity index (χ4n) is 3.27. The van der Waals surface area contributed by atoms with Gasteiger partial charge >= 0.3 is 11.9 Å². The number of fused-ring (bicyclic) bond motifs is 1. The molecule has 1 aromatic rings. The zero-order valence-corrected chi connectivity index (χ0v) is 15.4. The van der Waals surface area contributed by atoms with E-state index in [-0.39, 0.29) is 13.0 Å². The molecule has 2 aliphatic heterocycles. The number of ketones is 1. The number of rotatable bonds is 6. The lowest BCUT2D eigenvalue weighted by Gasteiger charge is -2.23. The number of benzene rings is 1. The van der Waals surface area contributed by atoms with Crippen molar-refractivity contribution in [3.63, 3.8) is 0 Å². The number of hydrogen-bond donors (Lipinski definition) is 0. The second kappa shape index (κ2) is 7.75. The average molecular weight is 378 g/mol. The summed E-state index contributed by atoms with van der Waals surface area (Å²) in [6, 6.07) is 8.58. The normalized spacial score (nSPS) is 28.4. The van der Waals surface area contributed by atoms with E-state index >= 15 is 0 Å². The molecule has 3 rings (SSSR count). The number of methoxy groups -OCH3 is 1. The van der Waals surface area contributed by atoms with E-state index in [4.69, 9.17) is 18.9 Å². The van der Waals surface area contributed by atoms with Crippen LogP contribution in [-0.4, -0.2) is 61.6 Å². The molecule has 8 nitrogen and oxygen atoms in total. The fourth-order valence-corrected chi connectivity index (χ4v) is 3.27. The lowest BCUT2D eigenvalue weighted by atomic mass is 10.0. The molecule has 0 unspecified atom stereocenters. The number of hydrogen-bond acceptors (Lipinski definition) is 8. The maximum Gasteiger partial charge on any atom is 0.374 e. The molecule has 1 aromatic carbocycles. The Morgan fingerprint density at radius 1 is 1.04 bits per heavy atom.